The number of carboxylic acid groups (broad SMARTS) is 1. The number of aliphatic carboxylic acids is 1. The molecule has 0 fully saturated rings. The van der Waals surface area contributed by atoms with E-state index in [0.29, 0.717) is 17.5 Å². The molecule has 0 unspecified atom stereocenters. The summed E-state index contributed by atoms with van der Waals surface area (Å²) in [6.45, 7) is 4.35. The predicted molar refractivity (Wildman–Crippen MR) is 95.0 cm³/mol. The molecule has 2 aromatic rings. The molecule has 4 nitrogen and oxygen atoms in total. The first-order valence-corrected chi connectivity index (χ1v) is 7.99. The van der Waals surface area contributed by atoms with Crippen molar-refractivity contribution >= 4 is 5.97 Å². The van der Waals surface area contributed by atoms with Crippen molar-refractivity contribution < 1.29 is 19.1 Å². The van der Waals surface area contributed by atoms with Crippen molar-refractivity contribution in [2.75, 3.05) is 7.05 Å². The highest BCUT2D eigenvalue weighted by atomic mass is 19.2. The molecule has 0 radical (unpaired) electrons. The van der Waals surface area contributed by atoms with Crippen LogP contribution in [0.2, 0.25) is 0 Å². The summed E-state index contributed by atoms with van der Waals surface area (Å²) in [6.07, 6.45) is 1.66. The SMILES string of the molecule is C=C[C@@H](CC(=O)O)c1ccc(OCc2ccc(CN(C)F)cc2)cc1. The first-order chi connectivity index (χ1) is 12.0. The van der Waals surface area contributed by atoms with Crippen LogP contribution in [-0.2, 0) is 17.9 Å². The number of allylic oxidation sites excluding steroid dienone is 1. The Morgan fingerprint density at radius 2 is 1.80 bits per heavy atom. The highest BCUT2D eigenvalue weighted by molar-refractivity contribution is 5.68. The van der Waals surface area contributed by atoms with Crippen LogP contribution < -0.4 is 4.74 Å². The molecule has 0 aromatic heterocycles. The number of carbonyl (C=O) groups is 1. The smallest absolute Gasteiger partial charge is 0.304 e. The topological polar surface area (TPSA) is 49.8 Å². The standard InChI is InChI=1S/C20H22FNO3/c1-3-17(12-20(23)24)18-8-10-19(11-9-18)25-14-16-6-4-15(5-7-16)13-22(2)21/h3-11,17H,1,12-14H2,2H3,(H,23,24)/t17-/m0/s1. The van der Waals surface area contributed by atoms with E-state index in [2.05, 4.69) is 6.58 Å². The van der Waals surface area contributed by atoms with E-state index in [9.17, 15) is 9.28 Å². The third-order valence-corrected chi connectivity index (χ3v) is 3.82. The molecule has 5 heteroatoms. The summed E-state index contributed by atoms with van der Waals surface area (Å²) >= 11 is 0. The molecule has 0 saturated carbocycles. The van der Waals surface area contributed by atoms with E-state index in [1.165, 1.54) is 7.05 Å². The maximum atomic E-state index is 12.8. The maximum absolute atomic E-state index is 12.8. The summed E-state index contributed by atoms with van der Waals surface area (Å²) in [7, 11) is 1.38. The lowest BCUT2D eigenvalue weighted by molar-refractivity contribution is -0.137. The van der Waals surface area contributed by atoms with Crippen LogP contribution in [0.25, 0.3) is 0 Å². The molecule has 0 heterocycles. The molecule has 0 saturated heterocycles. The van der Waals surface area contributed by atoms with Crippen LogP contribution >= 0.6 is 0 Å². The van der Waals surface area contributed by atoms with Gasteiger partial charge >= 0.3 is 5.97 Å². The lowest BCUT2D eigenvalue weighted by Crippen LogP contribution is -2.05. The fourth-order valence-electron chi connectivity index (χ4n) is 2.50. The van der Waals surface area contributed by atoms with Crippen molar-refractivity contribution in [3.8, 4) is 5.75 Å². The van der Waals surface area contributed by atoms with E-state index in [1.807, 2.05) is 48.5 Å². The van der Waals surface area contributed by atoms with E-state index < -0.39 is 5.97 Å². The van der Waals surface area contributed by atoms with Crippen molar-refractivity contribution in [1.29, 1.82) is 0 Å². The summed E-state index contributed by atoms with van der Waals surface area (Å²) in [5, 5.41) is 9.55. The van der Waals surface area contributed by atoms with Gasteiger partial charge in [0, 0.05) is 13.0 Å². The number of rotatable bonds is 9. The molecule has 25 heavy (non-hydrogen) atoms. The summed E-state index contributed by atoms with van der Waals surface area (Å²) in [6, 6.07) is 14.9. The monoisotopic (exact) mass is 343 g/mol. The molecule has 0 aliphatic carbocycles. The Morgan fingerprint density at radius 3 is 2.32 bits per heavy atom. The second-order valence-corrected chi connectivity index (χ2v) is 5.88. The van der Waals surface area contributed by atoms with Gasteiger partial charge in [-0.2, -0.15) is 0 Å². The molecule has 0 spiro atoms. The lowest BCUT2D eigenvalue weighted by atomic mass is 9.96. The average molecular weight is 343 g/mol. The molecular weight excluding hydrogens is 321 g/mol. The third-order valence-electron chi connectivity index (χ3n) is 3.82. The van der Waals surface area contributed by atoms with Gasteiger partial charge in [0.15, 0.2) is 0 Å². The molecular formula is C20H22FNO3. The van der Waals surface area contributed by atoms with Gasteiger partial charge < -0.3 is 9.84 Å². The average Bonchev–Trinajstić information content (AvgIpc) is 2.59. The van der Waals surface area contributed by atoms with Crippen LogP contribution in [0.4, 0.5) is 4.48 Å². The fourth-order valence-corrected chi connectivity index (χ4v) is 2.50. The minimum Gasteiger partial charge on any atom is -0.489 e. The van der Waals surface area contributed by atoms with Gasteiger partial charge in [-0.15, -0.1) is 16.2 Å². The van der Waals surface area contributed by atoms with Crippen LogP contribution in [-0.4, -0.2) is 23.2 Å². The highest BCUT2D eigenvalue weighted by Crippen LogP contribution is 2.24. The Bertz CT molecular complexity index is 696. The summed E-state index contributed by atoms with van der Waals surface area (Å²) in [5.74, 6) is -0.366. The maximum Gasteiger partial charge on any atom is 0.304 e. The second kappa shape index (κ2) is 8.99. The number of carboxylic acids is 1. The molecule has 1 atom stereocenters. The Hall–Kier alpha value is -2.66. The number of hydrogen-bond donors (Lipinski definition) is 1. The molecule has 0 aliphatic heterocycles. The zero-order valence-electron chi connectivity index (χ0n) is 14.2. The first kappa shape index (κ1) is 18.7. The Morgan fingerprint density at radius 1 is 1.20 bits per heavy atom. The Kier molecular flexibility index (Phi) is 6.71. The fraction of sp³-hybridized carbons (Fsp3) is 0.250. The minimum absolute atomic E-state index is 0.0180. The zero-order valence-corrected chi connectivity index (χ0v) is 14.2. The molecule has 0 bridgehead atoms. The van der Waals surface area contributed by atoms with E-state index in [0.717, 1.165) is 16.7 Å². The minimum atomic E-state index is -0.854. The number of ether oxygens (including phenoxy) is 1. The number of halogens is 1. The van der Waals surface area contributed by atoms with E-state index >= 15 is 0 Å². The van der Waals surface area contributed by atoms with Crippen LogP contribution in [0.1, 0.15) is 29.0 Å². The van der Waals surface area contributed by atoms with E-state index in [-0.39, 0.29) is 18.9 Å². The molecule has 1 N–H and O–H groups in total. The summed E-state index contributed by atoms with van der Waals surface area (Å²) in [4.78, 5) is 10.9. The normalized spacial score (nSPS) is 12.0. The largest absolute Gasteiger partial charge is 0.489 e. The van der Waals surface area contributed by atoms with Crippen molar-refractivity contribution in [3.05, 3.63) is 77.9 Å². The number of benzene rings is 2. The van der Waals surface area contributed by atoms with E-state index in [1.54, 1.807) is 6.08 Å². The van der Waals surface area contributed by atoms with Crippen LogP contribution in [0.15, 0.2) is 61.2 Å². The van der Waals surface area contributed by atoms with Crippen LogP contribution in [0.5, 0.6) is 5.75 Å². The molecule has 132 valence electrons. The van der Waals surface area contributed by atoms with Gasteiger partial charge in [0.2, 0.25) is 0 Å². The van der Waals surface area contributed by atoms with Crippen molar-refractivity contribution in [2.24, 2.45) is 0 Å². The highest BCUT2D eigenvalue weighted by Gasteiger charge is 2.12. The van der Waals surface area contributed by atoms with Gasteiger partial charge in [-0.1, -0.05) is 42.5 Å². The second-order valence-electron chi connectivity index (χ2n) is 5.88. The van der Waals surface area contributed by atoms with Crippen LogP contribution in [0, 0.1) is 0 Å². The summed E-state index contributed by atoms with van der Waals surface area (Å²) < 4.78 is 18.5. The Labute approximate surface area is 147 Å². The quantitative estimate of drug-likeness (QED) is 0.544. The van der Waals surface area contributed by atoms with Gasteiger partial charge in [0.1, 0.15) is 12.4 Å². The molecule has 0 amide bonds. The van der Waals surface area contributed by atoms with Gasteiger partial charge in [0.25, 0.3) is 0 Å². The van der Waals surface area contributed by atoms with Crippen molar-refractivity contribution in [2.45, 2.75) is 25.5 Å². The first-order valence-electron chi connectivity index (χ1n) is 7.99. The van der Waals surface area contributed by atoms with Gasteiger partial charge in [-0.3, -0.25) is 4.79 Å². The predicted octanol–water partition coefficient (Wildman–Crippen LogP) is 4.33. The number of hydrogen-bond acceptors (Lipinski definition) is 3. The lowest BCUT2D eigenvalue weighted by Gasteiger charge is -2.12. The number of nitrogens with zero attached hydrogens (tertiary/aromatic N) is 1. The van der Waals surface area contributed by atoms with Gasteiger partial charge in [-0.05, 0) is 28.8 Å². The summed E-state index contributed by atoms with van der Waals surface area (Å²) in [5.41, 5.74) is 2.78. The van der Waals surface area contributed by atoms with Gasteiger partial charge in [-0.25, -0.2) is 0 Å². The zero-order chi connectivity index (χ0) is 18.2. The third kappa shape index (κ3) is 6.04. The molecule has 2 aromatic carbocycles. The molecule has 2 rings (SSSR count). The van der Waals surface area contributed by atoms with Crippen LogP contribution in [0.3, 0.4) is 0 Å². The van der Waals surface area contributed by atoms with Crippen molar-refractivity contribution in [1.82, 2.24) is 5.12 Å². The van der Waals surface area contributed by atoms with Crippen molar-refractivity contribution in [3.63, 3.8) is 0 Å². The Balaban J connectivity index is 1.92. The van der Waals surface area contributed by atoms with Gasteiger partial charge in [0.05, 0.1) is 13.0 Å². The molecule has 0 aliphatic rings. The van der Waals surface area contributed by atoms with E-state index in [4.69, 9.17) is 9.84 Å².